The van der Waals surface area contributed by atoms with E-state index in [4.69, 9.17) is 5.73 Å². The number of rotatable bonds is 5. The Morgan fingerprint density at radius 2 is 2.00 bits per heavy atom. The highest BCUT2D eigenvalue weighted by molar-refractivity contribution is 7.18. The van der Waals surface area contributed by atoms with Crippen LogP contribution in [0.25, 0.3) is 10.2 Å². The molecule has 3 rings (SSSR count). The van der Waals surface area contributed by atoms with Crippen molar-refractivity contribution in [3.05, 3.63) is 52.7 Å². The summed E-state index contributed by atoms with van der Waals surface area (Å²) in [6, 6.07) is 10.4. The Labute approximate surface area is 128 Å². The van der Waals surface area contributed by atoms with Gasteiger partial charge in [-0.15, -0.1) is 11.3 Å². The number of nitrogens with zero attached hydrogens (tertiary/aromatic N) is 2. The highest BCUT2D eigenvalue weighted by Crippen LogP contribution is 2.28. The SMILES string of the molecule is CCc1cc2c(NCc3ccccc3CN)ncnc2s1. The first kappa shape index (κ1) is 14.0. The van der Waals surface area contributed by atoms with E-state index in [2.05, 4.69) is 40.4 Å². The van der Waals surface area contributed by atoms with Crippen LogP contribution in [-0.2, 0) is 19.5 Å². The zero-order valence-corrected chi connectivity index (χ0v) is 12.8. The summed E-state index contributed by atoms with van der Waals surface area (Å²) < 4.78 is 0. The molecule has 0 saturated carbocycles. The molecule has 3 N–H and O–H groups in total. The van der Waals surface area contributed by atoms with Crippen LogP contribution < -0.4 is 11.1 Å². The third kappa shape index (κ3) is 2.89. The Morgan fingerprint density at radius 3 is 2.76 bits per heavy atom. The number of hydrogen-bond donors (Lipinski definition) is 2. The lowest BCUT2D eigenvalue weighted by molar-refractivity contribution is 1.00. The largest absolute Gasteiger partial charge is 0.365 e. The molecule has 0 spiro atoms. The summed E-state index contributed by atoms with van der Waals surface area (Å²) in [7, 11) is 0. The molecule has 108 valence electrons. The molecule has 5 heteroatoms. The number of anilines is 1. The minimum atomic E-state index is 0.551. The van der Waals surface area contributed by atoms with Crippen molar-refractivity contribution in [3.63, 3.8) is 0 Å². The Morgan fingerprint density at radius 1 is 1.19 bits per heavy atom. The normalized spacial score (nSPS) is 11.0. The molecule has 0 bridgehead atoms. The fourth-order valence-electron chi connectivity index (χ4n) is 2.33. The third-order valence-corrected chi connectivity index (χ3v) is 4.70. The van der Waals surface area contributed by atoms with Crippen molar-refractivity contribution < 1.29 is 0 Å². The fraction of sp³-hybridized carbons (Fsp3) is 0.250. The van der Waals surface area contributed by atoms with Crippen LogP contribution in [0.1, 0.15) is 22.9 Å². The monoisotopic (exact) mass is 298 g/mol. The lowest BCUT2D eigenvalue weighted by atomic mass is 10.1. The molecule has 0 atom stereocenters. The summed E-state index contributed by atoms with van der Waals surface area (Å²) >= 11 is 1.73. The van der Waals surface area contributed by atoms with E-state index in [0.29, 0.717) is 6.54 Å². The van der Waals surface area contributed by atoms with Gasteiger partial charge in [0, 0.05) is 18.0 Å². The summed E-state index contributed by atoms with van der Waals surface area (Å²) in [5.74, 6) is 0.891. The molecule has 2 aromatic heterocycles. The Kier molecular flexibility index (Phi) is 4.13. The van der Waals surface area contributed by atoms with Gasteiger partial charge in [-0.3, -0.25) is 0 Å². The van der Waals surface area contributed by atoms with Gasteiger partial charge >= 0.3 is 0 Å². The predicted octanol–water partition coefficient (Wildman–Crippen LogP) is 3.32. The number of fused-ring (bicyclic) bond motifs is 1. The molecular weight excluding hydrogens is 280 g/mol. The molecule has 0 amide bonds. The Balaban J connectivity index is 1.86. The maximum Gasteiger partial charge on any atom is 0.138 e. The number of thiophene rings is 1. The predicted molar refractivity (Wildman–Crippen MR) is 88.5 cm³/mol. The van der Waals surface area contributed by atoms with E-state index >= 15 is 0 Å². The van der Waals surface area contributed by atoms with Crippen LogP contribution in [0.4, 0.5) is 5.82 Å². The highest BCUT2D eigenvalue weighted by Gasteiger charge is 2.08. The van der Waals surface area contributed by atoms with Crippen molar-refractivity contribution in [2.75, 3.05) is 5.32 Å². The summed E-state index contributed by atoms with van der Waals surface area (Å²) in [5, 5.41) is 4.52. The van der Waals surface area contributed by atoms with E-state index in [-0.39, 0.29) is 0 Å². The molecule has 0 aliphatic rings. The van der Waals surface area contributed by atoms with Gasteiger partial charge < -0.3 is 11.1 Å². The van der Waals surface area contributed by atoms with Crippen LogP contribution in [0.3, 0.4) is 0 Å². The van der Waals surface area contributed by atoms with Crippen molar-refractivity contribution in [1.82, 2.24) is 9.97 Å². The maximum absolute atomic E-state index is 5.78. The van der Waals surface area contributed by atoms with Crippen LogP contribution in [0.2, 0.25) is 0 Å². The lowest BCUT2D eigenvalue weighted by Gasteiger charge is -2.10. The first-order valence-electron chi connectivity index (χ1n) is 7.06. The summed E-state index contributed by atoms with van der Waals surface area (Å²) in [4.78, 5) is 11.1. The van der Waals surface area contributed by atoms with Crippen molar-refractivity contribution in [3.8, 4) is 0 Å². The van der Waals surface area contributed by atoms with Gasteiger partial charge in [-0.1, -0.05) is 31.2 Å². The number of nitrogens with two attached hydrogens (primary N) is 1. The topological polar surface area (TPSA) is 63.8 Å². The maximum atomic E-state index is 5.78. The second-order valence-electron chi connectivity index (χ2n) is 4.83. The van der Waals surface area contributed by atoms with Crippen molar-refractivity contribution >= 4 is 27.4 Å². The molecule has 0 fully saturated rings. The van der Waals surface area contributed by atoms with Gasteiger partial charge in [0.25, 0.3) is 0 Å². The molecule has 0 aliphatic heterocycles. The molecule has 2 heterocycles. The molecule has 0 radical (unpaired) electrons. The van der Waals surface area contributed by atoms with E-state index < -0.39 is 0 Å². The van der Waals surface area contributed by atoms with Gasteiger partial charge in [0.15, 0.2) is 0 Å². The van der Waals surface area contributed by atoms with Gasteiger partial charge in [0.05, 0.1) is 5.39 Å². The number of hydrogen-bond acceptors (Lipinski definition) is 5. The van der Waals surface area contributed by atoms with Crippen LogP contribution in [0.5, 0.6) is 0 Å². The second-order valence-corrected chi connectivity index (χ2v) is 5.95. The average Bonchev–Trinajstić information content (AvgIpc) is 2.97. The molecule has 21 heavy (non-hydrogen) atoms. The summed E-state index contributed by atoms with van der Waals surface area (Å²) in [6.07, 6.45) is 2.64. The third-order valence-electron chi connectivity index (χ3n) is 3.51. The van der Waals surface area contributed by atoms with Gasteiger partial charge in [0.1, 0.15) is 17.0 Å². The molecular formula is C16H18N4S. The van der Waals surface area contributed by atoms with E-state index in [0.717, 1.165) is 34.6 Å². The van der Waals surface area contributed by atoms with Gasteiger partial charge in [-0.05, 0) is 23.6 Å². The van der Waals surface area contributed by atoms with Crippen molar-refractivity contribution in [2.24, 2.45) is 5.73 Å². The number of benzene rings is 1. The second kappa shape index (κ2) is 6.20. The number of aryl methyl sites for hydroxylation is 1. The van der Waals surface area contributed by atoms with E-state index in [1.807, 2.05) is 12.1 Å². The molecule has 0 saturated heterocycles. The van der Waals surface area contributed by atoms with Gasteiger partial charge in [-0.25, -0.2) is 9.97 Å². The zero-order chi connectivity index (χ0) is 14.7. The average molecular weight is 298 g/mol. The minimum absolute atomic E-state index is 0.551. The van der Waals surface area contributed by atoms with Crippen LogP contribution in [0.15, 0.2) is 36.7 Å². The Bertz CT molecular complexity index is 751. The quantitative estimate of drug-likeness (QED) is 0.758. The van der Waals surface area contributed by atoms with Crippen LogP contribution in [-0.4, -0.2) is 9.97 Å². The smallest absolute Gasteiger partial charge is 0.138 e. The minimum Gasteiger partial charge on any atom is -0.365 e. The summed E-state index contributed by atoms with van der Waals surface area (Å²) in [5.41, 5.74) is 8.15. The Hall–Kier alpha value is -1.98. The van der Waals surface area contributed by atoms with E-state index in [1.165, 1.54) is 10.4 Å². The fourth-order valence-corrected chi connectivity index (χ4v) is 3.26. The standard InChI is InChI=1S/C16H18N4S/c1-2-13-7-14-15(19-10-20-16(14)21-13)18-9-12-6-4-3-5-11(12)8-17/h3-7,10H,2,8-9,17H2,1H3,(H,18,19,20). The van der Waals surface area contributed by atoms with Crippen LogP contribution in [0, 0.1) is 0 Å². The van der Waals surface area contributed by atoms with Crippen molar-refractivity contribution in [2.45, 2.75) is 26.4 Å². The van der Waals surface area contributed by atoms with Gasteiger partial charge in [-0.2, -0.15) is 0 Å². The van der Waals surface area contributed by atoms with E-state index in [1.54, 1.807) is 17.7 Å². The molecule has 0 aliphatic carbocycles. The molecule has 3 aromatic rings. The first-order valence-corrected chi connectivity index (χ1v) is 7.87. The van der Waals surface area contributed by atoms with Crippen LogP contribution >= 0.6 is 11.3 Å². The molecule has 0 unspecified atom stereocenters. The highest BCUT2D eigenvalue weighted by atomic mass is 32.1. The number of nitrogens with one attached hydrogen (secondary N) is 1. The summed E-state index contributed by atoms with van der Waals surface area (Å²) in [6.45, 7) is 3.43. The molecule has 1 aromatic carbocycles. The first-order chi connectivity index (χ1) is 10.3. The number of aromatic nitrogens is 2. The molecule has 4 nitrogen and oxygen atoms in total. The zero-order valence-electron chi connectivity index (χ0n) is 12.0. The van der Waals surface area contributed by atoms with Crippen molar-refractivity contribution in [1.29, 1.82) is 0 Å². The lowest BCUT2D eigenvalue weighted by Crippen LogP contribution is -2.07. The van der Waals surface area contributed by atoms with E-state index in [9.17, 15) is 0 Å². The van der Waals surface area contributed by atoms with Gasteiger partial charge in [0.2, 0.25) is 0 Å².